The molecule has 17 heavy (non-hydrogen) atoms. The average Bonchev–Trinajstić information content (AvgIpc) is 2.71. The second-order valence-electron chi connectivity index (χ2n) is 3.54. The molecule has 1 N–H and O–H groups in total. The summed E-state index contributed by atoms with van der Waals surface area (Å²) < 4.78 is 9.98. The van der Waals surface area contributed by atoms with Gasteiger partial charge < -0.3 is 14.5 Å². The summed E-state index contributed by atoms with van der Waals surface area (Å²) in [6.45, 7) is 2.51. The Bertz CT molecular complexity index is 534. The number of para-hydroxylation sites is 1. The van der Waals surface area contributed by atoms with Crippen LogP contribution in [0.4, 0.5) is 0 Å². The van der Waals surface area contributed by atoms with Crippen molar-refractivity contribution in [3.8, 4) is 0 Å². The largest absolute Gasteiger partial charge is 0.462 e. The lowest BCUT2D eigenvalue weighted by Crippen LogP contribution is -2.05. The number of methoxy groups -OCH3 is 1. The number of nitrogens with zero attached hydrogens (tertiary/aromatic N) is 1. The van der Waals surface area contributed by atoms with Crippen molar-refractivity contribution in [1.82, 2.24) is 9.97 Å². The first-order valence-corrected chi connectivity index (χ1v) is 5.40. The van der Waals surface area contributed by atoms with Gasteiger partial charge in [-0.15, -0.1) is 0 Å². The Morgan fingerprint density at radius 3 is 3.00 bits per heavy atom. The predicted octanol–water partition coefficient (Wildman–Crippen LogP) is 1.89. The molecule has 0 amide bonds. The Morgan fingerprint density at radius 2 is 2.29 bits per heavy atom. The van der Waals surface area contributed by atoms with E-state index in [-0.39, 0.29) is 5.97 Å². The molecule has 0 saturated carbocycles. The lowest BCUT2D eigenvalue weighted by Gasteiger charge is -2.01. The van der Waals surface area contributed by atoms with Crippen molar-refractivity contribution in [1.29, 1.82) is 0 Å². The zero-order valence-corrected chi connectivity index (χ0v) is 9.82. The Hall–Kier alpha value is -1.88. The second kappa shape index (κ2) is 4.97. The van der Waals surface area contributed by atoms with Crippen molar-refractivity contribution >= 4 is 17.0 Å². The molecule has 0 bridgehead atoms. The van der Waals surface area contributed by atoms with Gasteiger partial charge in [-0.2, -0.15) is 0 Å². The molecule has 2 aromatic rings. The van der Waals surface area contributed by atoms with Gasteiger partial charge in [0, 0.05) is 7.11 Å². The van der Waals surface area contributed by atoms with E-state index in [2.05, 4.69) is 9.97 Å². The van der Waals surface area contributed by atoms with E-state index in [1.54, 1.807) is 26.2 Å². The summed E-state index contributed by atoms with van der Waals surface area (Å²) >= 11 is 0. The topological polar surface area (TPSA) is 64.2 Å². The summed E-state index contributed by atoms with van der Waals surface area (Å²) in [5.41, 5.74) is 1.91. The molecule has 0 atom stereocenters. The van der Waals surface area contributed by atoms with Crippen LogP contribution in [0.2, 0.25) is 0 Å². The number of aromatic amines is 1. The van der Waals surface area contributed by atoms with Gasteiger partial charge in [0.1, 0.15) is 17.9 Å². The van der Waals surface area contributed by atoms with Crippen molar-refractivity contribution in [2.45, 2.75) is 13.5 Å². The summed E-state index contributed by atoms with van der Waals surface area (Å²) in [5.74, 6) is 0.341. The van der Waals surface area contributed by atoms with Gasteiger partial charge >= 0.3 is 5.97 Å². The number of nitrogens with one attached hydrogen (secondary N) is 1. The number of hydrogen-bond donors (Lipinski definition) is 1. The van der Waals surface area contributed by atoms with Crippen molar-refractivity contribution < 1.29 is 14.3 Å². The zero-order chi connectivity index (χ0) is 12.3. The maximum absolute atomic E-state index is 11.7. The number of fused-ring (bicyclic) bond motifs is 1. The fraction of sp³-hybridized carbons (Fsp3) is 0.333. The molecule has 0 aliphatic heterocycles. The van der Waals surface area contributed by atoms with E-state index < -0.39 is 0 Å². The summed E-state index contributed by atoms with van der Waals surface area (Å²) in [4.78, 5) is 19.1. The molecule has 0 aliphatic rings. The van der Waals surface area contributed by atoms with Crippen LogP contribution in [0.15, 0.2) is 18.2 Å². The maximum Gasteiger partial charge on any atom is 0.340 e. The second-order valence-corrected chi connectivity index (χ2v) is 3.54. The standard InChI is InChI=1S/C12H14N2O3/c1-3-17-12(15)8-5-4-6-9-11(8)14-10(13-9)7-16-2/h4-6H,3,7H2,1-2H3,(H,13,14). The Kier molecular flexibility index (Phi) is 3.39. The van der Waals surface area contributed by atoms with Gasteiger partial charge in [-0.05, 0) is 19.1 Å². The molecule has 0 radical (unpaired) electrons. The molecule has 1 aromatic carbocycles. The zero-order valence-electron chi connectivity index (χ0n) is 9.82. The number of benzene rings is 1. The van der Waals surface area contributed by atoms with Gasteiger partial charge in [0.05, 0.1) is 17.7 Å². The molecule has 90 valence electrons. The van der Waals surface area contributed by atoms with Crippen LogP contribution in [0.3, 0.4) is 0 Å². The highest BCUT2D eigenvalue weighted by atomic mass is 16.5. The van der Waals surface area contributed by atoms with Gasteiger partial charge in [0.15, 0.2) is 0 Å². The number of carbonyl (C=O) groups is 1. The number of hydrogen-bond acceptors (Lipinski definition) is 4. The van der Waals surface area contributed by atoms with Gasteiger partial charge in [-0.25, -0.2) is 9.78 Å². The normalized spacial score (nSPS) is 10.7. The highest BCUT2D eigenvalue weighted by Gasteiger charge is 2.14. The molecular weight excluding hydrogens is 220 g/mol. The molecule has 1 aromatic heterocycles. The van der Waals surface area contributed by atoms with Crippen LogP contribution in [0.5, 0.6) is 0 Å². The molecule has 0 unspecified atom stereocenters. The number of rotatable bonds is 4. The third kappa shape index (κ3) is 2.29. The SMILES string of the molecule is CCOC(=O)c1cccc2[nH]c(COC)nc12. The molecule has 1 heterocycles. The van der Waals surface area contributed by atoms with Crippen molar-refractivity contribution in [3.63, 3.8) is 0 Å². The molecule has 0 saturated heterocycles. The molecule has 5 heteroatoms. The number of esters is 1. The van der Waals surface area contributed by atoms with Crippen LogP contribution in [0, 0.1) is 0 Å². The summed E-state index contributed by atoms with van der Waals surface area (Å²) in [5, 5.41) is 0. The lowest BCUT2D eigenvalue weighted by molar-refractivity contribution is 0.0528. The van der Waals surface area contributed by atoms with E-state index >= 15 is 0 Å². The van der Waals surface area contributed by atoms with Crippen LogP contribution >= 0.6 is 0 Å². The number of aromatic nitrogens is 2. The average molecular weight is 234 g/mol. The van der Waals surface area contributed by atoms with E-state index in [0.29, 0.717) is 30.1 Å². The highest BCUT2D eigenvalue weighted by molar-refractivity contribution is 6.01. The van der Waals surface area contributed by atoms with E-state index in [4.69, 9.17) is 9.47 Å². The highest BCUT2D eigenvalue weighted by Crippen LogP contribution is 2.17. The maximum atomic E-state index is 11.7. The van der Waals surface area contributed by atoms with Crippen molar-refractivity contribution in [2.75, 3.05) is 13.7 Å². The minimum absolute atomic E-state index is 0.352. The first-order chi connectivity index (χ1) is 8.26. The monoisotopic (exact) mass is 234 g/mol. The van der Waals surface area contributed by atoms with E-state index in [0.717, 1.165) is 5.52 Å². The minimum Gasteiger partial charge on any atom is -0.462 e. The van der Waals surface area contributed by atoms with Crippen molar-refractivity contribution in [2.24, 2.45) is 0 Å². The summed E-state index contributed by atoms with van der Waals surface area (Å²) in [6, 6.07) is 5.37. The molecular formula is C12H14N2O3. The van der Waals surface area contributed by atoms with Gasteiger partial charge in [0.25, 0.3) is 0 Å². The van der Waals surface area contributed by atoms with Gasteiger partial charge in [-0.3, -0.25) is 0 Å². The van der Waals surface area contributed by atoms with E-state index in [1.807, 2.05) is 6.07 Å². The van der Waals surface area contributed by atoms with Crippen LogP contribution in [-0.2, 0) is 16.1 Å². The number of carbonyl (C=O) groups excluding carboxylic acids is 1. The van der Waals surface area contributed by atoms with Gasteiger partial charge in [-0.1, -0.05) is 6.07 Å². The van der Waals surface area contributed by atoms with Crippen LogP contribution in [-0.4, -0.2) is 29.7 Å². The third-order valence-electron chi connectivity index (χ3n) is 2.34. The summed E-state index contributed by atoms with van der Waals surface area (Å²) in [6.07, 6.45) is 0. The minimum atomic E-state index is -0.353. The van der Waals surface area contributed by atoms with E-state index in [9.17, 15) is 4.79 Å². The predicted molar refractivity (Wildman–Crippen MR) is 62.8 cm³/mol. The Balaban J connectivity index is 2.45. The first-order valence-electron chi connectivity index (χ1n) is 5.40. The first kappa shape index (κ1) is 11.6. The quantitative estimate of drug-likeness (QED) is 0.820. The molecule has 0 aliphatic carbocycles. The van der Waals surface area contributed by atoms with Crippen LogP contribution in [0.1, 0.15) is 23.1 Å². The lowest BCUT2D eigenvalue weighted by atomic mass is 10.2. The Labute approximate surface area is 98.8 Å². The van der Waals surface area contributed by atoms with E-state index in [1.165, 1.54) is 0 Å². The number of H-pyrrole nitrogens is 1. The fourth-order valence-electron chi connectivity index (χ4n) is 1.66. The molecule has 0 fully saturated rings. The van der Waals surface area contributed by atoms with Gasteiger partial charge in [0.2, 0.25) is 0 Å². The fourth-order valence-corrected chi connectivity index (χ4v) is 1.66. The molecule has 5 nitrogen and oxygen atoms in total. The number of imidazole rings is 1. The summed E-state index contributed by atoms with van der Waals surface area (Å²) in [7, 11) is 1.60. The van der Waals surface area contributed by atoms with Crippen molar-refractivity contribution in [3.05, 3.63) is 29.6 Å². The molecule has 0 spiro atoms. The van der Waals surface area contributed by atoms with Crippen LogP contribution < -0.4 is 0 Å². The smallest absolute Gasteiger partial charge is 0.340 e. The number of ether oxygens (including phenoxy) is 2. The molecule has 2 rings (SSSR count). The van der Waals surface area contributed by atoms with Crippen LogP contribution in [0.25, 0.3) is 11.0 Å². The third-order valence-corrected chi connectivity index (χ3v) is 2.34. The Morgan fingerprint density at radius 1 is 1.47 bits per heavy atom.